The van der Waals surface area contributed by atoms with Crippen molar-refractivity contribution in [3.63, 3.8) is 0 Å². The molecule has 0 saturated heterocycles. The molecule has 0 aliphatic heterocycles. The van der Waals surface area contributed by atoms with E-state index in [-0.39, 0.29) is 0 Å². The molecule has 0 N–H and O–H groups in total. The average molecular weight is 703 g/mol. The van der Waals surface area contributed by atoms with Crippen LogP contribution in [0.4, 0.5) is 17.1 Å². The lowest BCUT2D eigenvalue weighted by molar-refractivity contribution is 0.669. The Bertz CT molecular complexity index is 3200. The van der Waals surface area contributed by atoms with Crippen molar-refractivity contribution < 1.29 is 4.42 Å². The second kappa shape index (κ2) is 12.6. The highest BCUT2D eigenvalue weighted by Gasteiger charge is 2.23. The second-order valence-electron chi connectivity index (χ2n) is 14.1. The van der Waals surface area contributed by atoms with E-state index in [0.717, 1.165) is 55.8 Å². The summed E-state index contributed by atoms with van der Waals surface area (Å²) < 4.78 is 9.12. The number of aromatic nitrogens is 1. The van der Waals surface area contributed by atoms with Crippen molar-refractivity contribution in [1.82, 2.24) is 4.57 Å². The van der Waals surface area contributed by atoms with Gasteiger partial charge in [0.15, 0.2) is 5.58 Å². The molecule has 11 aromatic rings. The van der Waals surface area contributed by atoms with E-state index in [0.29, 0.717) is 0 Å². The van der Waals surface area contributed by atoms with Crippen LogP contribution in [0.5, 0.6) is 0 Å². The summed E-state index contributed by atoms with van der Waals surface area (Å²) in [4.78, 5) is 2.36. The number of nitrogens with zero attached hydrogens (tertiary/aromatic N) is 2. The Morgan fingerprint density at radius 3 is 1.95 bits per heavy atom. The van der Waals surface area contributed by atoms with Gasteiger partial charge in [0.2, 0.25) is 0 Å². The zero-order valence-electron chi connectivity index (χ0n) is 29.9. The molecule has 3 heteroatoms. The number of anilines is 3. The minimum absolute atomic E-state index is 0.857. The fourth-order valence-electron chi connectivity index (χ4n) is 8.53. The van der Waals surface area contributed by atoms with Gasteiger partial charge in [-0.3, -0.25) is 0 Å². The van der Waals surface area contributed by atoms with Crippen LogP contribution in [0.15, 0.2) is 211 Å². The van der Waals surface area contributed by atoms with E-state index in [9.17, 15) is 0 Å². The summed E-state index contributed by atoms with van der Waals surface area (Å²) >= 11 is 0. The van der Waals surface area contributed by atoms with Crippen LogP contribution in [0, 0.1) is 0 Å². The predicted octanol–water partition coefficient (Wildman–Crippen LogP) is 14.6. The van der Waals surface area contributed by atoms with Crippen LogP contribution in [-0.2, 0) is 0 Å². The van der Waals surface area contributed by atoms with Gasteiger partial charge in [-0.15, -0.1) is 0 Å². The number of rotatable bonds is 6. The number of para-hydroxylation sites is 3. The molecule has 0 saturated carbocycles. The Kier molecular flexibility index (Phi) is 7.17. The third kappa shape index (κ3) is 5.05. The van der Waals surface area contributed by atoms with E-state index in [4.69, 9.17) is 4.42 Å². The minimum atomic E-state index is 0.857. The summed E-state index contributed by atoms with van der Waals surface area (Å²) in [6, 6.07) is 73.9. The van der Waals surface area contributed by atoms with E-state index in [1.807, 2.05) is 6.07 Å². The molecule has 55 heavy (non-hydrogen) atoms. The van der Waals surface area contributed by atoms with Crippen LogP contribution in [0.25, 0.3) is 82.5 Å². The molecule has 0 radical (unpaired) electrons. The molecule has 0 aliphatic rings. The lowest BCUT2D eigenvalue weighted by Gasteiger charge is -2.26. The van der Waals surface area contributed by atoms with Gasteiger partial charge in [0.1, 0.15) is 5.58 Å². The van der Waals surface area contributed by atoms with Crippen molar-refractivity contribution in [2.24, 2.45) is 0 Å². The largest absolute Gasteiger partial charge is 0.454 e. The summed E-state index contributed by atoms with van der Waals surface area (Å²) in [5, 5.41) is 7.12. The first kappa shape index (κ1) is 31.2. The fraction of sp³-hybridized carbons (Fsp3) is 0. The van der Waals surface area contributed by atoms with Crippen LogP contribution in [0.2, 0.25) is 0 Å². The Morgan fingerprint density at radius 2 is 1.05 bits per heavy atom. The number of benzene rings is 9. The topological polar surface area (TPSA) is 21.3 Å². The van der Waals surface area contributed by atoms with Gasteiger partial charge in [-0.05, 0) is 87.6 Å². The Morgan fingerprint density at radius 1 is 0.400 bits per heavy atom. The third-order valence-electron chi connectivity index (χ3n) is 11.0. The van der Waals surface area contributed by atoms with Crippen LogP contribution < -0.4 is 4.90 Å². The number of fused-ring (bicyclic) bond motifs is 7. The maximum absolute atomic E-state index is 6.70. The van der Waals surface area contributed by atoms with Gasteiger partial charge in [-0.1, -0.05) is 152 Å². The lowest BCUT2D eigenvalue weighted by Crippen LogP contribution is -2.10. The molecule has 2 heterocycles. The quantitative estimate of drug-likeness (QED) is 0.172. The lowest BCUT2D eigenvalue weighted by atomic mass is 9.94. The minimum Gasteiger partial charge on any atom is -0.454 e. The van der Waals surface area contributed by atoms with Gasteiger partial charge >= 0.3 is 0 Å². The van der Waals surface area contributed by atoms with Crippen molar-refractivity contribution in [1.29, 1.82) is 0 Å². The van der Waals surface area contributed by atoms with E-state index in [1.165, 1.54) is 43.8 Å². The molecular weight excluding hydrogens is 669 g/mol. The second-order valence-corrected chi connectivity index (χ2v) is 14.1. The van der Waals surface area contributed by atoms with Crippen LogP contribution in [0.3, 0.4) is 0 Å². The first-order valence-corrected chi connectivity index (χ1v) is 18.8. The molecule has 9 aromatic carbocycles. The Labute approximate surface area is 318 Å². The molecule has 258 valence electrons. The Balaban J connectivity index is 1.21. The molecule has 0 amide bonds. The van der Waals surface area contributed by atoms with E-state index in [2.05, 4.69) is 210 Å². The molecule has 11 rings (SSSR count). The van der Waals surface area contributed by atoms with Crippen LogP contribution in [-0.4, -0.2) is 4.57 Å². The summed E-state index contributed by atoms with van der Waals surface area (Å²) in [6.07, 6.45) is 0. The average Bonchev–Trinajstić information content (AvgIpc) is 3.81. The van der Waals surface area contributed by atoms with Gasteiger partial charge in [0.25, 0.3) is 0 Å². The van der Waals surface area contributed by atoms with Crippen molar-refractivity contribution in [2.45, 2.75) is 0 Å². The van der Waals surface area contributed by atoms with Gasteiger partial charge in [-0.25, -0.2) is 0 Å². The summed E-state index contributed by atoms with van der Waals surface area (Å²) in [6.45, 7) is 0. The third-order valence-corrected chi connectivity index (χ3v) is 11.0. The molecule has 0 bridgehead atoms. The van der Waals surface area contributed by atoms with Crippen molar-refractivity contribution in [2.75, 3.05) is 4.90 Å². The summed E-state index contributed by atoms with van der Waals surface area (Å²) in [5.41, 5.74) is 13.0. The van der Waals surface area contributed by atoms with Crippen LogP contribution in [0.1, 0.15) is 0 Å². The van der Waals surface area contributed by atoms with E-state index >= 15 is 0 Å². The fourth-order valence-corrected chi connectivity index (χ4v) is 8.53. The van der Waals surface area contributed by atoms with Crippen molar-refractivity contribution >= 4 is 71.6 Å². The van der Waals surface area contributed by atoms with E-state index < -0.39 is 0 Å². The van der Waals surface area contributed by atoms with Gasteiger partial charge in [-0.2, -0.15) is 0 Å². The maximum atomic E-state index is 6.70. The Hall–Kier alpha value is -7.36. The number of hydrogen-bond acceptors (Lipinski definition) is 2. The van der Waals surface area contributed by atoms with Gasteiger partial charge in [0, 0.05) is 38.6 Å². The highest BCUT2D eigenvalue weighted by atomic mass is 16.3. The molecule has 0 fully saturated rings. The molecule has 0 spiro atoms. The smallest absolute Gasteiger partial charge is 0.159 e. The molecule has 0 aliphatic carbocycles. The number of hydrogen-bond donors (Lipinski definition) is 0. The highest BCUT2D eigenvalue weighted by Crippen LogP contribution is 2.46. The zero-order chi connectivity index (χ0) is 36.3. The highest BCUT2D eigenvalue weighted by molar-refractivity contribution is 6.19. The monoisotopic (exact) mass is 702 g/mol. The van der Waals surface area contributed by atoms with Crippen molar-refractivity contribution in [3.8, 4) is 27.9 Å². The SMILES string of the molecule is c1ccc(-c2cccc(N(c3ccc4c5c(-c6cccc7ccccc67)cccc5n(-c5ccccc5)c4c3)c3cccc4c3oc3ccccc34)c2)cc1. The summed E-state index contributed by atoms with van der Waals surface area (Å²) in [5.74, 6) is 0. The van der Waals surface area contributed by atoms with Crippen LogP contribution >= 0.6 is 0 Å². The normalized spacial score (nSPS) is 11.6. The maximum Gasteiger partial charge on any atom is 0.159 e. The number of furan rings is 1. The summed E-state index contributed by atoms with van der Waals surface area (Å²) in [7, 11) is 0. The predicted molar refractivity (Wildman–Crippen MR) is 231 cm³/mol. The zero-order valence-corrected chi connectivity index (χ0v) is 29.9. The first-order valence-electron chi connectivity index (χ1n) is 18.8. The molecule has 0 unspecified atom stereocenters. The molecular formula is C52H34N2O. The van der Waals surface area contributed by atoms with Crippen molar-refractivity contribution in [3.05, 3.63) is 206 Å². The standard InChI is InChI=1S/C52H34N2O/c1-3-15-35(16-4-1)37-19-11-22-39(33-37)53(48-29-14-27-45-43-24-9-10-30-50(43)55-52(45)48)40-31-32-46-49(34-40)54(38-20-5-2-6-21-38)47-28-13-26-44(51(46)47)42-25-12-18-36-17-7-8-23-41(36)42/h1-34H. The molecule has 0 atom stereocenters. The molecule has 3 nitrogen and oxygen atoms in total. The first-order chi connectivity index (χ1) is 27.3. The molecule has 2 aromatic heterocycles. The van der Waals surface area contributed by atoms with E-state index in [1.54, 1.807) is 0 Å². The van der Waals surface area contributed by atoms with Gasteiger partial charge < -0.3 is 13.9 Å². The van der Waals surface area contributed by atoms with Gasteiger partial charge in [0.05, 0.1) is 16.7 Å².